The maximum absolute atomic E-state index is 13.6. The van der Waals surface area contributed by atoms with Gasteiger partial charge in [0, 0.05) is 28.4 Å². The number of carbonyl (C=O) groups excluding carboxylic acids is 4. The van der Waals surface area contributed by atoms with Gasteiger partial charge in [0.2, 0.25) is 6.29 Å². The van der Waals surface area contributed by atoms with Crippen LogP contribution in [-0.2, 0) is 47.6 Å². The molecule has 4 unspecified atom stereocenters. The van der Waals surface area contributed by atoms with Crippen LogP contribution in [0.25, 0.3) is 0 Å². The Morgan fingerprint density at radius 1 is 0.571 bits per heavy atom. The largest absolute Gasteiger partial charge is 0.463 e. The Labute approximate surface area is 335 Å². The second-order valence-corrected chi connectivity index (χ2v) is 14.3. The van der Waals surface area contributed by atoms with Crippen molar-refractivity contribution in [1.82, 2.24) is 0 Å². The number of aliphatic hydroxyl groups is 6. The molecule has 1 aliphatic rings. The molecule has 1 fully saturated rings. The lowest BCUT2D eigenvalue weighted by Crippen LogP contribution is -2.64. The third-order valence-electron chi connectivity index (χ3n) is 9.32. The van der Waals surface area contributed by atoms with Gasteiger partial charge in [-0.3, -0.25) is 19.2 Å². The van der Waals surface area contributed by atoms with E-state index in [2.05, 4.69) is 0 Å². The maximum Gasteiger partial charge on any atom is 0.306 e. The highest BCUT2D eigenvalue weighted by Gasteiger charge is 2.54. The van der Waals surface area contributed by atoms with Crippen molar-refractivity contribution < 1.29 is 81.0 Å². The molecule has 1 rings (SSSR count). The van der Waals surface area contributed by atoms with Crippen LogP contribution in [0.3, 0.4) is 0 Å². The molecule has 1 heterocycles. The van der Waals surface area contributed by atoms with Crippen LogP contribution in [0.15, 0.2) is 0 Å². The highest BCUT2D eigenvalue weighted by atomic mass is 16.8. The summed E-state index contributed by atoms with van der Waals surface area (Å²) in [5.74, 6) is -3.63. The summed E-state index contributed by atoms with van der Waals surface area (Å²) in [6.45, 7) is 6.24. The number of esters is 4. The molecule has 0 saturated carbocycles. The Morgan fingerprint density at radius 2 is 1.04 bits per heavy atom. The standard InChI is InChI=1S/C40H72O16/c1-5-9-13-15-19-23-31(45)54-37-36(53-30(44)22-18-12-8-4)28(26-51-29(43)21-17-11-7-3)52-40(38(37)55-32(46)24-20-16-14-10-6-2)56-39(50)35(49)34(48)33(47)27(42)25-41/h27-28,33-42,47-50H,5-26H2,1-4H3/t27-,28-,33-,34+,35+,36-,37+,38+,39?,40?/m1/s1/i23D,24D/t23?,24?,27-,28-,33-,34+,35+,36-,37+,38+,39?,40?. The van der Waals surface area contributed by atoms with Crippen LogP contribution in [0.1, 0.15) is 159 Å². The fraction of sp³-hybridized carbons (Fsp3) is 0.900. The third kappa shape index (κ3) is 20.3. The van der Waals surface area contributed by atoms with Gasteiger partial charge in [0.15, 0.2) is 24.6 Å². The highest BCUT2D eigenvalue weighted by Crippen LogP contribution is 2.32. The average Bonchev–Trinajstić information content (AvgIpc) is 3.20. The first kappa shape index (κ1) is 47.9. The minimum absolute atomic E-state index is 0.0348. The number of ether oxygens (including phenoxy) is 6. The molecular weight excluding hydrogens is 736 g/mol. The molecule has 0 radical (unpaired) electrons. The summed E-state index contributed by atoms with van der Waals surface area (Å²) >= 11 is 0. The molecule has 0 aromatic carbocycles. The first-order valence-corrected chi connectivity index (χ1v) is 20.6. The SMILES string of the molecule is [2H]C(CCCCCC)C(=O)O[C@H]1[C@H](OC(=O)CCCCC)[C@@H](COC(=O)CCCCC)OC(OC(O)[C@@H](O)[C@@H](O)[C@H](O)[C@H](O)CO)[C@H]1OC(=O)C([2H])CCCCCC. The summed E-state index contributed by atoms with van der Waals surface area (Å²) in [7, 11) is 0. The van der Waals surface area contributed by atoms with E-state index in [-0.39, 0.29) is 25.7 Å². The van der Waals surface area contributed by atoms with Crippen molar-refractivity contribution in [2.24, 2.45) is 0 Å². The number of aliphatic hydroxyl groups excluding tert-OH is 6. The summed E-state index contributed by atoms with van der Waals surface area (Å²) < 4.78 is 51.6. The van der Waals surface area contributed by atoms with Gasteiger partial charge in [-0.2, -0.15) is 0 Å². The molecule has 0 aliphatic carbocycles. The van der Waals surface area contributed by atoms with Crippen LogP contribution in [0.2, 0.25) is 0 Å². The first-order chi connectivity index (χ1) is 27.7. The van der Waals surface area contributed by atoms with E-state index in [1.165, 1.54) is 0 Å². The number of rotatable bonds is 32. The Hall–Kier alpha value is -2.44. The summed E-state index contributed by atoms with van der Waals surface area (Å²) in [6, 6.07) is 0. The highest BCUT2D eigenvalue weighted by molar-refractivity contribution is 5.72. The van der Waals surface area contributed by atoms with E-state index in [4.69, 9.17) is 31.2 Å². The van der Waals surface area contributed by atoms with E-state index in [1.54, 1.807) is 0 Å². The van der Waals surface area contributed by atoms with E-state index in [0.717, 1.165) is 57.8 Å². The zero-order valence-electron chi connectivity index (χ0n) is 35.8. The molecule has 16 heteroatoms. The zero-order valence-corrected chi connectivity index (χ0v) is 33.8. The van der Waals surface area contributed by atoms with Crippen molar-refractivity contribution in [1.29, 1.82) is 0 Å². The molecule has 0 bridgehead atoms. The van der Waals surface area contributed by atoms with E-state index in [1.807, 2.05) is 27.7 Å². The number of unbranched alkanes of at least 4 members (excludes halogenated alkanes) is 10. The van der Waals surface area contributed by atoms with Gasteiger partial charge in [0.1, 0.15) is 37.1 Å². The Balaban J connectivity index is 3.77. The van der Waals surface area contributed by atoms with Gasteiger partial charge in [-0.25, -0.2) is 0 Å². The number of hydrogen-bond donors (Lipinski definition) is 6. The fourth-order valence-electron chi connectivity index (χ4n) is 5.89. The van der Waals surface area contributed by atoms with Gasteiger partial charge in [0.25, 0.3) is 0 Å². The summed E-state index contributed by atoms with van der Waals surface area (Å²) in [5, 5.41) is 61.4. The lowest BCUT2D eigenvalue weighted by atomic mass is 9.97. The predicted octanol–water partition coefficient (Wildman–Crippen LogP) is 3.64. The molecule has 0 aromatic heterocycles. The van der Waals surface area contributed by atoms with Crippen molar-refractivity contribution >= 4 is 23.9 Å². The van der Waals surface area contributed by atoms with Crippen LogP contribution in [0.4, 0.5) is 0 Å². The molecule has 0 aromatic rings. The van der Waals surface area contributed by atoms with Gasteiger partial charge >= 0.3 is 23.9 Å². The smallest absolute Gasteiger partial charge is 0.306 e. The molecule has 56 heavy (non-hydrogen) atoms. The van der Waals surface area contributed by atoms with Gasteiger partial charge < -0.3 is 59.1 Å². The Morgan fingerprint density at radius 3 is 1.55 bits per heavy atom. The van der Waals surface area contributed by atoms with Crippen molar-refractivity contribution in [3.8, 4) is 0 Å². The molecule has 0 amide bonds. The quantitative estimate of drug-likeness (QED) is 0.0246. The predicted molar refractivity (Wildman–Crippen MR) is 203 cm³/mol. The van der Waals surface area contributed by atoms with Crippen LogP contribution in [0.5, 0.6) is 0 Å². The fourth-order valence-corrected chi connectivity index (χ4v) is 5.89. The van der Waals surface area contributed by atoms with Gasteiger partial charge in [-0.1, -0.05) is 105 Å². The van der Waals surface area contributed by atoms with Crippen LogP contribution in [-0.4, -0.2) is 129 Å². The van der Waals surface area contributed by atoms with Gasteiger partial charge in [-0.15, -0.1) is 0 Å². The molecule has 328 valence electrons. The topological polar surface area (TPSA) is 245 Å². The second kappa shape index (κ2) is 30.6. The summed E-state index contributed by atoms with van der Waals surface area (Å²) in [6.07, 6.45) is -13.1. The third-order valence-corrected chi connectivity index (χ3v) is 9.32. The Bertz CT molecular complexity index is 1150. The van der Waals surface area contributed by atoms with Gasteiger partial charge in [-0.05, 0) is 25.7 Å². The normalized spacial score (nSPS) is 24.0. The van der Waals surface area contributed by atoms with Crippen LogP contribution in [0, 0.1) is 0 Å². The van der Waals surface area contributed by atoms with E-state index in [9.17, 15) is 49.8 Å². The lowest BCUT2D eigenvalue weighted by Gasteiger charge is -2.45. The molecule has 6 N–H and O–H groups in total. The van der Waals surface area contributed by atoms with Crippen LogP contribution < -0.4 is 0 Å². The van der Waals surface area contributed by atoms with Crippen molar-refractivity contribution in [2.75, 3.05) is 13.2 Å². The molecular formula is C40H72O16. The molecule has 16 nitrogen and oxygen atoms in total. The number of carbonyl (C=O) groups is 4. The van der Waals surface area contributed by atoms with Crippen molar-refractivity contribution in [3.63, 3.8) is 0 Å². The molecule has 0 spiro atoms. The lowest BCUT2D eigenvalue weighted by molar-refractivity contribution is -0.349. The minimum Gasteiger partial charge on any atom is -0.463 e. The monoisotopic (exact) mass is 810 g/mol. The molecule has 12 atom stereocenters. The average molecular weight is 811 g/mol. The zero-order chi connectivity index (χ0) is 43.6. The van der Waals surface area contributed by atoms with Gasteiger partial charge in [0.05, 0.1) is 6.61 Å². The van der Waals surface area contributed by atoms with E-state index in [0.29, 0.717) is 32.1 Å². The molecule has 1 saturated heterocycles. The number of hydrogen-bond acceptors (Lipinski definition) is 16. The second-order valence-electron chi connectivity index (χ2n) is 14.3. The summed E-state index contributed by atoms with van der Waals surface area (Å²) in [4.78, 5) is 53.2. The van der Waals surface area contributed by atoms with Crippen molar-refractivity contribution in [2.45, 2.75) is 217 Å². The summed E-state index contributed by atoms with van der Waals surface area (Å²) in [5.41, 5.74) is 0. The molecule has 1 aliphatic heterocycles. The minimum atomic E-state index is -2.49. The first-order valence-electron chi connectivity index (χ1n) is 21.7. The van der Waals surface area contributed by atoms with Crippen LogP contribution >= 0.6 is 0 Å². The van der Waals surface area contributed by atoms with Crippen molar-refractivity contribution in [3.05, 3.63) is 0 Å². The maximum atomic E-state index is 13.6. The van der Waals surface area contributed by atoms with E-state index >= 15 is 0 Å². The Kier molecular flexibility index (Phi) is 26.2. The van der Waals surface area contributed by atoms with E-state index < -0.39 is 111 Å².